The van der Waals surface area contributed by atoms with E-state index < -0.39 is 5.82 Å². The quantitative estimate of drug-likeness (QED) is 0.588. The number of H-pyrrole nitrogens is 1. The molecule has 2 N–H and O–H groups in total. The lowest BCUT2D eigenvalue weighted by atomic mass is 10.0. The van der Waals surface area contributed by atoms with Gasteiger partial charge in [0.15, 0.2) is 0 Å². The van der Waals surface area contributed by atoms with Crippen LogP contribution >= 0.6 is 0 Å². The Labute approximate surface area is 195 Å². The second-order valence-corrected chi connectivity index (χ2v) is 9.52. The highest BCUT2D eigenvalue weighted by Crippen LogP contribution is 2.34. The summed E-state index contributed by atoms with van der Waals surface area (Å²) in [6.45, 7) is 17.4. The average molecular weight is 455 g/mol. The zero-order chi connectivity index (χ0) is 24.5. The Balaban J connectivity index is 1.97. The second-order valence-electron chi connectivity index (χ2n) is 9.52. The normalized spacial score (nSPS) is 14.7. The summed E-state index contributed by atoms with van der Waals surface area (Å²) in [5, 5.41) is 2.77. The number of rotatable bonds is 7. The highest BCUT2D eigenvalue weighted by molar-refractivity contribution is 6.34. The number of amides is 2. The fraction of sp³-hybridized carbons (Fsp3) is 0.462. The first kappa shape index (κ1) is 24.7. The van der Waals surface area contributed by atoms with Gasteiger partial charge in [-0.25, -0.2) is 4.39 Å². The van der Waals surface area contributed by atoms with Gasteiger partial charge in [-0.05, 0) is 77.5 Å². The first-order chi connectivity index (χ1) is 15.5. The number of nitrogens with zero attached hydrogens (tertiary/aromatic N) is 2. The van der Waals surface area contributed by atoms with Crippen LogP contribution in [0.25, 0.3) is 11.6 Å². The maximum atomic E-state index is 13.8. The van der Waals surface area contributed by atoms with Crippen molar-refractivity contribution in [3.05, 3.63) is 52.1 Å². The standard InChI is InChI=1S/C26H35FN4O2/c1-8-30(9-2)12-13-31(26(5,6)7)25(33)23-16(3)22(28-17(23)4)15-20-19-14-18(27)10-11-21(19)29-24(20)32/h10-11,14-15,28H,8-9,12-13H2,1-7H3,(H,29,32)/b20-15-. The van der Waals surface area contributed by atoms with Crippen LogP contribution in [-0.2, 0) is 4.79 Å². The first-order valence-corrected chi connectivity index (χ1v) is 11.5. The number of halogens is 1. The Hall–Kier alpha value is -2.93. The SMILES string of the molecule is CCN(CC)CCN(C(=O)c1c(C)[nH]c(/C=C2\C(=O)Nc3ccc(F)cc32)c1C)C(C)(C)C. The van der Waals surface area contributed by atoms with Crippen molar-refractivity contribution in [2.75, 3.05) is 31.5 Å². The van der Waals surface area contributed by atoms with E-state index >= 15 is 0 Å². The van der Waals surface area contributed by atoms with Crippen LogP contribution in [0, 0.1) is 19.7 Å². The molecule has 6 nitrogen and oxygen atoms in total. The van der Waals surface area contributed by atoms with Gasteiger partial charge in [0, 0.05) is 41.3 Å². The number of benzene rings is 1. The molecule has 2 amide bonds. The largest absolute Gasteiger partial charge is 0.358 e. The molecule has 0 aliphatic carbocycles. The van der Waals surface area contributed by atoms with Crippen LogP contribution in [0.1, 0.15) is 67.5 Å². The van der Waals surface area contributed by atoms with Gasteiger partial charge in [-0.2, -0.15) is 0 Å². The molecule has 0 unspecified atom stereocenters. The minimum Gasteiger partial charge on any atom is -0.358 e. The molecule has 0 bridgehead atoms. The summed E-state index contributed by atoms with van der Waals surface area (Å²) in [4.78, 5) is 33.7. The van der Waals surface area contributed by atoms with Gasteiger partial charge in [0.2, 0.25) is 0 Å². The number of anilines is 1. The van der Waals surface area contributed by atoms with Crippen molar-refractivity contribution >= 4 is 29.2 Å². The molecule has 0 saturated heterocycles. The van der Waals surface area contributed by atoms with E-state index in [0.29, 0.717) is 34.6 Å². The van der Waals surface area contributed by atoms with Gasteiger partial charge in [-0.3, -0.25) is 9.59 Å². The third kappa shape index (κ3) is 5.03. The highest BCUT2D eigenvalue weighted by Gasteiger charge is 2.31. The van der Waals surface area contributed by atoms with E-state index in [4.69, 9.17) is 0 Å². The number of likely N-dealkylation sites (N-methyl/N-ethyl adjacent to an activating group) is 1. The number of hydrogen-bond donors (Lipinski definition) is 2. The van der Waals surface area contributed by atoms with Crippen LogP contribution in [0.15, 0.2) is 18.2 Å². The molecule has 0 atom stereocenters. The van der Waals surface area contributed by atoms with Crippen LogP contribution in [0.3, 0.4) is 0 Å². The van der Waals surface area contributed by atoms with Crippen LogP contribution in [0.4, 0.5) is 10.1 Å². The Morgan fingerprint density at radius 1 is 1.12 bits per heavy atom. The topological polar surface area (TPSA) is 68.4 Å². The fourth-order valence-corrected chi connectivity index (χ4v) is 4.35. The molecule has 7 heteroatoms. The number of aromatic amines is 1. The predicted molar refractivity (Wildman–Crippen MR) is 132 cm³/mol. The van der Waals surface area contributed by atoms with E-state index in [2.05, 4.69) is 29.0 Å². The number of fused-ring (bicyclic) bond motifs is 1. The summed E-state index contributed by atoms with van der Waals surface area (Å²) in [7, 11) is 0. The van der Waals surface area contributed by atoms with Crippen LogP contribution in [-0.4, -0.2) is 58.3 Å². The molecule has 2 aromatic rings. The minimum atomic E-state index is -0.402. The molecule has 33 heavy (non-hydrogen) atoms. The molecule has 1 aliphatic heterocycles. The van der Waals surface area contributed by atoms with Gasteiger partial charge in [0.25, 0.3) is 11.8 Å². The van der Waals surface area contributed by atoms with Gasteiger partial charge in [-0.1, -0.05) is 13.8 Å². The monoisotopic (exact) mass is 454 g/mol. The van der Waals surface area contributed by atoms with Crippen molar-refractivity contribution in [1.82, 2.24) is 14.8 Å². The van der Waals surface area contributed by atoms with E-state index in [-0.39, 0.29) is 17.4 Å². The lowest BCUT2D eigenvalue weighted by Crippen LogP contribution is -2.49. The molecule has 0 spiro atoms. The van der Waals surface area contributed by atoms with Crippen molar-refractivity contribution in [3.63, 3.8) is 0 Å². The zero-order valence-corrected chi connectivity index (χ0v) is 20.7. The maximum Gasteiger partial charge on any atom is 0.256 e. The van der Waals surface area contributed by atoms with Gasteiger partial charge in [0.1, 0.15) is 5.82 Å². The molecule has 1 aromatic carbocycles. The van der Waals surface area contributed by atoms with Crippen molar-refractivity contribution in [1.29, 1.82) is 0 Å². The minimum absolute atomic E-state index is 0.0344. The number of carbonyl (C=O) groups is 2. The number of carbonyl (C=O) groups excluding carboxylic acids is 2. The summed E-state index contributed by atoms with van der Waals surface area (Å²) in [5.74, 6) is -0.723. The molecule has 1 aliphatic rings. The Morgan fingerprint density at radius 2 is 1.79 bits per heavy atom. The van der Waals surface area contributed by atoms with E-state index in [0.717, 1.165) is 30.9 Å². The molecule has 2 heterocycles. The van der Waals surface area contributed by atoms with Gasteiger partial charge >= 0.3 is 0 Å². The third-order valence-corrected chi connectivity index (χ3v) is 6.33. The molecule has 0 saturated carbocycles. The zero-order valence-electron chi connectivity index (χ0n) is 20.7. The lowest BCUT2D eigenvalue weighted by molar-refractivity contribution is -0.110. The smallest absolute Gasteiger partial charge is 0.256 e. The number of nitrogens with one attached hydrogen (secondary N) is 2. The Bertz CT molecular complexity index is 1090. The molecule has 0 radical (unpaired) electrons. The summed E-state index contributed by atoms with van der Waals surface area (Å²) in [6, 6.07) is 4.23. The number of hydrogen-bond acceptors (Lipinski definition) is 3. The number of aromatic nitrogens is 1. The highest BCUT2D eigenvalue weighted by atomic mass is 19.1. The Kier molecular flexibility index (Phi) is 7.12. The summed E-state index contributed by atoms with van der Waals surface area (Å²) in [5.41, 5.74) is 3.96. The van der Waals surface area contributed by atoms with E-state index in [1.807, 2.05) is 39.5 Å². The molecular formula is C26H35FN4O2. The van der Waals surface area contributed by atoms with Crippen molar-refractivity contribution in [2.24, 2.45) is 0 Å². The second kappa shape index (κ2) is 9.51. The Morgan fingerprint density at radius 3 is 2.39 bits per heavy atom. The third-order valence-electron chi connectivity index (χ3n) is 6.33. The van der Waals surface area contributed by atoms with E-state index in [9.17, 15) is 14.0 Å². The van der Waals surface area contributed by atoms with Crippen molar-refractivity contribution in [2.45, 2.75) is 54.0 Å². The first-order valence-electron chi connectivity index (χ1n) is 11.5. The summed E-state index contributed by atoms with van der Waals surface area (Å²) in [6.07, 6.45) is 1.71. The van der Waals surface area contributed by atoms with Gasteiger partial charge in [-0.15, -0.1) is 0 Å². The van der Waals surface area contributed by atoms with Crippen molar-refractivity contribution < 1.29 is 14.0 Å². The summed E-state index contributed by atoms with van der Waals surface area (Å²) >= 11 is 0. The lowest BCUT2D eigenvalue weighted by Gasteiger charge is -2.37. The van der Waals surface area contributed by atoms with Crippen molar-refractivity contribution in [3.8, 4) is 0 Å². The van der Waals surface area contributed by atoms with Gasteiger partial charge < -0.3 is 20.1 Å². The molecule has 1 aromatic heterocycles. The molecule has 178 valence electrons. The predicted octanol–water partition coefficient (Wildman–Crippen LogP) is 4.85. The number of aryl methyl sites for hydroxylation is 1. The van der Waals surface area contributed by atoms with Crippen LogP contribution < -0.4 is 5.32 Å². The molecule has 3 rings (SSSR count). The fourth-order valence-electron chi connectivity index (χ4n) is 4.35. The van der Waals surface area contributed by atoms with E-state index in [1.165, 1.54) is 12.1 Å². The molecular weight excluding hydrogens is 419 g/mol. The van der Waals surface area contributed by atoms with E-state index in [1.54, 1.807) is 12.1 Å². The van der Waals surface area contributed by atoms with Gasteiger partial charge in [0.05, 0.1) is 11.1 Å². The van der Waals surface area contributed by atoms with Crippen LogP contribution in [0.5, 0.6) is 0 Å². The maximum absolute atomic E-state index is 13.8. The summed E-state index contributed by atoms with van der Waals surface area (Å²) < 4.78 is 13.8. The average Bonchev–Trinajstić information content (AvgIpc) is 3.19. The molecule has 0 fully saturated rings. The van der Waals surface area contributed by atoms with Crippen LogP contribution in [0.2, 0.25) is 0 Å².